The highest BCUT2D eigenvalue weighted by Crippen LogP contribution is 2.31. The summed E-state index contributed by atoms with van der Waals surface area (Å²) in [5.74, 6) is -0.553. The zero-order chi connectivity index (χ0) is 25.7. The van der Waals surface area contributed by atoms with Crippen molar-refractivity contribution in [3.8, 4) is 0 Å². The van der Waals surface area contributed by atoms with E-state index in [1.54, 1.807) is 16.7 Å². The minimum atomic E-state index is -0.883. The summed E-state index contributed by atoms with van der Waals surface area (Å²) >= 11 is 0. The molecule has 0 spiro atoms. The highest BCUT2D eigenvalue weighted by Gasteiger charge is 2.34. The van der Waals surface area contributed by atoms with Gasteiger partial charge in [0.25, 0.3) is 0 Å². The summed E-state index contributed by atoms with van der Waals surface area (Å²) in [5, 5.41) is 11.3. The first kappa shape index (κ1) is 25.1. The molecule has 3 aromatic carbocycles. The lowest BCUT2D eigenvalue weighted by Gasteiger charge is -2.33. The van der Waals surface area contributed by atoms with E-state index in [0.717, 1.165) is 27.8 Å². The summed E-state index contributed by atoms with van der Waals surface area (Å²) in [6.07, 6.45) is 0. The van der Waals surface area contributed by atoms with E-state index < -0.39 is 6.04 Å². The van der Waals surface area contributed by atoms with Crippen LogP contribution in [0.4, 0.5) is 5.69 Å². The van der Waals surface area contributed by atoms with E-state index in [0.29, 0.717) is 24.4 Å². The van der Waals surface area contributed by atoms with Crippen LogP contribution < -0.4 is 10.2 Å². The minimum absolute atomic E-state index is 0.0682. The Morgan fingerprint density at radius 3 is 2.42 bits per heavy atom. The molecular formula is C28H31N5O3. The van der Waals surface area contributed by atoms with Crippen molar-refractivity contribution in [2.24, 2.45) is 0 Å². The van der Waals surface area contributed by atoms with Gasteiger partial charge in [-0.25, -0.2) is 4.68 Å². The summed E-state index contributed by atoms with van der Waals surface area (Å²) in [7, 11) is 1.58. The maximum Gasteiger partial charge on any atom is 0.249 e. The predicted octanol–water partition coefficient (Wildman–Crippen LogP) is 3.89. The number of aryl methyl sites for hydroxylation is 3. The van der Waals surface area contributed by atoms with Gasteiger partial charge in [0.15, 0.2) is 0 Å². The summed E-state index contributed by atoms with van der Waals surface area (Å²) in [6, 6.07) is 20.1. The van der Waals surface area contributed by atoms with Gasteiger partial charge >= 0.3 is 0 Å². The number of methoxy groups -OCH3 is 1. The lowest BCUT2D eigenvalue weighted by Crippen LogP contribution is -2.46. The molecule has 0 fully saturated rings. The second-order valence-corrected chi connectivity index (χ2v) is 8.89. The average molecular weight is 486 g/mol. The van der Waals surface area contributed by atoms with Gasteiger partial charge in [-0.15, -0.1) is 5.10 Å². The predicted molar refractivity (Wildman–Crippen MR) is 140 cm³/mol. The number of anilines is 1. The Balaban J connectivity index is 1.82. The fourth-order valence-corrected chi connectivity index (χ4v) is 4.43. The first-order valence-electron chi connectivity index (χ1n) is 11.9. The van der Waals surface area contributed by atoms with Crippen molar-refractivity contribution in [3.63, 3.8) is 0 Å². The van der Waals surface area contributed by atoms with Crippen molar-refractivity contribution in [3.05, 3.63) is 89.0 Å². The highest BCUT2D eigenvalue weighted by molar-refractivity contribution is 6.01. The van der Waals surface area contributed by atoms with Crippen LogP contribution >= 0.6 is 0 Å². The minimum Gasteiger partial charge on any atom is -0.383 e. The molecule has 8 heteroatoms. The monoisotopic (exact) mass is 485 g/mol. The van der Waals surface area contributed by atoms with Gasteiger partial charge in [0, 0.05) is 19.3 Å². The molecule has 4 aromatic rings. The van der Waals surface area contributed by atoms with Crippen molar-refractivity contribution in [1.29, 1.82) is 0 Å². The number of para-hydroxylation sites is 1. The second-order valence-electron chi connectivity index (χ2n) is 8.89. The molecule has 186 valence electrons. The quantitative estimate of drug-likeness (QED) is 0.363. The number of nitrogens with zero attached hydrogens (tertiary/aromatic N) is 4. The van der Waals surface area contributed by atoms with E-state index in [2.05, 4.69) is 15.6 Å². The Labute approximate surface area is 210 Å². The lowest BCUT2D eigenvalue weighted by atomic mass is 9.97. The maximum atomic E-state index is 14.1. The SMILES string of the molecule is COCCNC(=O)C(c1ccccc1C)N(C(=O)Cn1nnc2ccccc21)c1cc(C)cc(C)c1. The largest absolute Gasteiger partial charge is 0.383 e. The summed E-state index contributed by atoms with van der Waals surface area (Å²) in [5.41, 5.74) is 5.77. The Morgan fingerprint density at radius 1 is 1.00 bits per heavy atom. The van der Waals surface area contributed by atoms with Gasteiger partial charge < -0.3 is 10.1 Å². The molecule has 0 bridgehead atoms. The molecule has 0 saturated carbocycles. The number of fused-ring (bicyclic) bond motifs is 1. The number of carbonyl (C=O) groups excluding carboxylic acids is 2. The first-order chi connectivity index (χ1) is 17.4. The Bertz CT molecular complexity index is 1360. The van der Waals surface area contributed by atoms with Crippen LogP contribution in [0.5, 0.6) is 0 Å². The van der Waals surface area contributed by atoms with Crippen molar-refractivity contribution >= 4 is 28.5 Å². The van der Waals surface area contributed by atoms with Gasteiger partial charge in [-0.05, 0) is 67.3 Å². The Kier molecular flexibility index (Phi) is 7.75. The molecule has 0 aliphatic carbocycles. The summed E-state index contributed by atoms with van der Waals surface area (Å²) in [4.78, 5) is 29.3. The van der Waals surface area contributed by atoms with Crippen LogP contribution in [-0.4, -0.2) is 47.1 Å². The molecule has 8 nitrogen and oxygen atoms in total. The number of carbonyl (C=O) groups is 2. The Hall–Kier alpha value is -4.04. The molecule has 2 amide bonds. The van der Waals surface area contributed by atoms with E-state index >= 15 is 0 Å². The molecule has 0 saturated heterocycles. The van der Waals surface area contributed by atoms with Gasteiger partial charge in [-0.2, -0.15) is 0 Å². The van der Waals surface area contributed by atoms with E-state index in [1.807, 2.05) is 87.5 Å². The number of hydrogen-bond acceptors (Lipinski definition) is 5. The van der Waals surface area contributed by atoms with E-state index in [4.69, 9.17) is 4.74 Å². The number of nitrogens with one attached hydrogen (secondary N) is 1. The molecule has 1 N–H and O–H groups in total. The molecule has 0 aliphatic heterocycles. The van der Waals surface area contributed by atoms with Crippen molar-refractivity contribution in [2.75, 3.05) is 25.2 Å². The summed E-state index contributed by atoms with van der Waals surface area (Å²) < 4.78 is 6.70. The number of benzene rings is 3. The van der Waals surface area contributed by atoms with Gasteiger partial charge in [0.05, 0.1) is 12.1 Å². The first-order valence-corrected chi connectivity index (χ1v) is 11.9. The van der Waals surface area contributed by atoms with Crippen molar-refractivity contribution in [1.82, 2.24) is 20.3 Å². The fourth-order valence-electron chi connectivity index (χ4n) is 4.43. The molecule has 1 heterocycles. The fraction of sp³-hybridized carbons (Fsp3) is 0.286. The molecule has 0 aliphatic rings. The molecule has 0 radical (unpaired) electrons. The van der Waals surface area contributed by atoms with E-state index in [-0.39, 0.29) is 18.4 Å². The average Bonchev–Trinajstić information content (AvgIpc) is 3.25. The number of hydrogen-bond donors (Lipinski definition) is 1. The van der Waals surface area contributed by atoms with E-state index in [9.17, 15) is 9.59 Å². The topological polar surface area (TPSA) is 89.4 Å². The molecule has 1 atom stereocenters. The van der Waals surface area contributed by atoms with Crippen LogP contribution in [0.3, 0.4) is 0 Å². The van der Waals surface area contributed by atoms with Crippen LogP contribution in [0.15, 0.2) is 66.7 Å². The number of ether oxygens (including phenoxy) is 1. The van der Waals surface area contributed by atoms with Gasteiger partial charge in [-0.3, -0.25) is 14.5 Å². The number of rotatable bonds is 9. The van der Waals surface area contributed by atoms with Crippen LogP contribution in [0.2, 0.25) is 0 Å². The van der Waals surface area contributed by atoms with Gasteiger partial charge in [-0.1, -0.05) is 47.7 Å². The van der Waals surface area contributed by atoms with E-state index in [1.165, 1.54) is 0 Å². The van der Waals surface area contributed by atoms with Crippen LogP contribution in [0.25, 0.3) is 11.0 Å². The van der Waals surface area contributed by atoms with Gasteiger partial charge in [0.2, 0.25) is 11.8 Å². The molecule has 36 heavy (non-hydrogen) atoms. The van der Waals surface area contributed by atoms with Crippen molar-refractivity contribution < 1.29 is 14.3 Å². The maximum absolute atomic E-state index is 14.1. The Morgan fingerprint density at radius 2 is 1.69 bits per heavy atom. The van der Waals surface area contributed by atoms with Gasteiger partial charge in [0.1, 0.15) is 18.1 Å². The summed E-state index contributed by atoms with van der Waals surface area (Å²) in [6.45, 7) is 6.53. The molecular weight excluding hydrogens is 454 g/mol. The molecule has 1 aromatic heterocycles. The zero-order valence-electron chi connectivity index (χ0n) is 21.1. The number of aromatic nitrogens is 3. The standard InChI is InChI=1S/C28H31N5O3/c1-19-15-20(2)17-22(16-19)33(26(34)18-32-25-12-8-7-11-24(25)30-31-32)27(28(35)29-13-14-36-4)23-10-6-5-9-21(23)3/h5-12,15-17,27H,13-14,18H2,1-4H3,(H,29,35). The third kappa shape index (κ3) is 5.44. The molecule has 4 rings (SSSR count). The molecule has 1 unspecified atom stereocenters. The van der Waals surface area contributed by atoms with Crippen LogP contribution in [0, 0.1) is 20.8 Å². The second kappa shape index (κ2) is 11.1. The highest BCUT2D eigenvalue weighted by atomic mass is 16.5. The van der Waals surface area contributed by atoms with Crippen molar-refractivity contribution in [2.45, 2.75) is 33.4 Å². The lowest BCUT2D eigenvalue weighted by molar-refractivity contribution is -0.127. The normalized spacial score (nSPS) is 11.9. The number of amides is 2. The van der Waals surface area contributed by atoms with Crippen LogP contribution in [-0.2, 0) is 20.9 Å². The third-order valence-corrected chi connectivity index (χ3v) is 6.05. The van der Waals surface area contributed by atoms with Crippen LogP contribution in [0.1, 0.15) is 28.3 Å². The third-order valence-electron chi connectivity index (χ3n) is 6.05. The smallest absolute Gasteiger partial charge is 0.249 e. The zero-order valence-corrected chi connectivity index (χ0v) is 21.1.